The first-order valence-electron chi connectivity index (χ1n) is 15.7. The third kappa shape index (κ3) is 5.79. The van der Waals surface area contributed by atoms with Crippen LogP contribution in [0.4, 0.5) is 23.0 Å². The molecular weight excluding hydrogens is 540 g/mol. The number of nitrogens with two attached hydrogens (primary N) is 1. The van der Waals surface area contributed by atoms with Gasteiger partial charge in [0.15, 0.2) is 17.3 Å². The number of aromatic nitrogens is 2. The summed E-state index contributed by atoms with van der Waals surface area (Å²) in [6, 6.07) is 17.6. The van der Waals surface area contributed by atoms with Gasteiger partial charge in [-0.1, -0.05) is 24.3 Å². The summed E-state index contributed by atoms with van der Waals surface area (Å²) < 4.78 is 5.65. The van der Waals surface area contributed by atoms with E-state index in [2.05, 4.69) is 68.4 Å². The smallest absolute Gasteiger partial charge is 0.271 e. The Bertz CT molecular complexity index is 1440. The van der Waals surface area contributed by atoms with Crippen molar-refractivity contribution in [3.63, 3.8) is 0 Å². The highest BCUT2D eigenvalue weighted by Gasteiger charge is 2.33. The Morgan fingerprint density at radius 2 is 1.60 bits per heavy atom. The van der Waals surface area contributed by atoms with Crippen LogP contribution in [0.25, 0.3) is 11.3 Å². The summed E-state index contributed by atoms with van der Waals surface area (Å²) in [5.41, 5.74) is 11.0. The van der Waals surface area contributed by atoms with Crippen molar-refractivity contribution in [2.24, 2.45) is 5.73 Å². The molecule has 1 aromatic heterocycles. The predicted molar refractivity (Wildman–Crippen MR) is 170 cm³/mol. The van der Waals surface area contributed by atoms with E-state index >= 15 is 0 Å². The van der Waals surface area contributed by atoms with Crippen molar-refractivity contribution in [1.29, 1.82) is 0 Å². The molecule has 4 aliphatic rings. The number of nitrogens with zero attached hydrogens (tertiary/aromatic N) is 6. The summed E-state index contributed by atoms with van der Waals surface area (Å²) in [6.07, 6.45) is 4.25. The molecule has 4 aliphatic heterocycles. The number of piperazine rings is 1. The average molecular weight is 583 g/mol. The molecule has 3 aromatic rings. The fourth-order valence-corrected chi connectivity index (χ4v) is 7.08. The van der Waals surface area contributed by atoms with E-state index in [0.717, 1.165) is 62.8 Å². The monoisotopic (exact) mass is 582 g/mol. The number of benzene rings is 2. The summed E-state index contributed by atoms with van der Waals surface area (Å²) in [4.78, 5) is 32.5. The zero-order chi connectivity index (χ0) is 29.3. The second kappa shape index (κ2) is 12.1. The number of primary amides is 1. The first-order valence-corrected chi connectivity index (χ1v) is 15.7. The third-order valence-electron chi connectivity index (χ3n) is 9.64. The molecule has 0 saturated carbocycles. The van der Waals surface area contributed by atoms with E-state index < -0.39 is 5.91 Å². The summed E-state index contributed by atoms with van der Waals surface area (Å²) in [6.45, 7) is 9.04. The van der Waals surface area contributed by atoms with E-state index in [1.807, 2.05) is 12.1 Å². The van der Waals surface area contributed by atoms with E-state index in [1.165, 1.54) is 50.3 Å². The van der Waals surface area contributed by atoms with Crippen LogP contribution in [0.5, 0.6) is 0 Å². The lowest BCUT2D eigenvalue weighted by atomic mass is 9.96. The van der Waals surface area contributed by atoms with Crippen LogP contribution in [0.3, 0.4) is 0 Å². The number of amides is 1. The van der Waals surface area contributed by atoms with Gasteiger partial charge in [0, 0.05) is 88.0 Å². The molecule has 0 bridgehead atoms. The summed E-state index contributed by atoms with van der Waals surface area (Å²) >= 11 is 0. The van der Waals surface area contributed by atoms with Crippen molar-refractivity contribution in [3.8, 4) is 11.3 Å². The molecule has 226 valence electrons. The van der Waals surface area contributed by atoms with Crippen molar-refractivity contribution in [3.05, 3.63) is 59.8 Å². The fourth-order valence-electron chi connectivity index (χ4n) is 7.08. The first-order chi connectivity index (χ1) is 21.0. The molecule has 7 rings (SSSR count). The SMILES string of the molecule is CN1CCN(C2CCN(c3ccc(Nc4nc5c(nc4C(N)=O)-c4ccccc4CN5C4CCOCC4)cc3)CC2)CC1. The van der Waals surface area contributed by atoms with E-state index in [-0.39, 0.29) is 5.69 Å². The van der Waals surface area contributed by atoms with E-state index in [0.29, 0.717) is 23.6 Å². The second-order valence-electron chi connectivity index (χ2n) is 12.3. The zero-order valence-corrected chi connectivity index (χ0v) is 25.0. The minimum absolute atomic E-state index is 0.150. The topological polar surface area (TPSA) is 103 Å². The van der Waals surface area contributed by atoms with Crippen LogP contribution in [0.2, 0.25) is 0 Å². The number of carbonyl (C=O) groups excluding carboxylic acids is 1. The number of nitrogens with one attached hydrogen (secondary N) is 1. The highest BCUT2D eigenvalue weighted by molar-refractivity contribution is 5.98. The molecule has 0 unspecified atom stereocenters. The van der Waals surface area contributed by atoms with Gasteiger partial charge in [-0.05, 0) is 62.6 Å². The Hall–Kier alpha value is -3.73. The van der Waals surface area contributed by atoms with Crippen molar-refractivity contribution in [2.45, 2.75) is 44.3 Å². The number of rotatable bonds is 6. The molecule has 1 amide bonds. The lowest BCUT2D eigenvalue weighted by Gasteiger charge is -2.42. The van der Waals surface area contributed by atoms with Gasteiger partial charge in [-0.3, -0.25) is 9.69 Å². The van der Waals surface area contributed by atoms with Crippen LogP contribution < -0.4 is 20.9 Å². The molecule has 0 radical (unpaired) electrons. The molecule has 2 aromatic carbocycles. The van der Waals surface area contributed by atoms with E-state index in [4.69, 9.17) is 20.4 Å². The summed E-state index contributed by atoms with van der Waals surface area (Å²) in [5, 5.41) is 3.38. The van der Waals surface area contributed by atoms with Crippen LogP contribution in [0.1, 0.15) is 41.7 Å². The van der Waals surface area contributed by atoms with Crippen molar-refractivity contribution < 1.29 is 9.53 Å². The number of likely N-dealkylation sites (N-methyl/N-ethyl adjacent to an activating group) is 1. The van der Waals surface area contributed by atoms with Crippen LogP contribution in [0, 0.1) is 0 Å². The Labute approximate surface area is 253 Å². The van der Waals surface area contributed by atoms with Crippen LogP contribution in [-0.2, 0) is 11.3 Å². The molecule has 3 fully saturated rings. The number of anilines is 4. The van der Waals surface area contributed by atoms with E-state index in [9.17, 15) is 4.79 Å². The Morgan fingerprint density at radius 3 is 2.33 bits per heavy atom. The summed E-state index contributed by atoms with van der Waals surface area (Å²) in [7, 11) is 2.21. The van der Waals surface area contributed by atoms with Gasteiger partial charge in [0.05, 0.1) is 0 Å². The molecule has 0 spiro atoms. The molecule has 3 saturated heterocycles. The highest BCUT2D eigenvalue weighted by Crippen LogP contribution is 2.40. The van der Waals surface area contributed by atoms with Gasteiger partial charge in [-0.15, -0.1) is 0 Å². The van der Waals surface area contributed by atoms with Crippen molar-refractivity contribution in [2.75, 3.05) is 74.6 Å². The molecule has 43 heavy (non-hydrogen) atoms. The standard InChI is InChI=1S/C33H42N8O2/c1-38-16-18-40(19-17-38)26-10-14-39(15-11-26)25-8-6-24(7-9-25)35-32-30(31(34)42)36-29-28-5-3-2-4-23(28)22-41(33(29)37-32)27-12-20-43-21-13-27/h2-9,26-27H,10-22H2,1H3,(H2,34,42)(H,35,37). The fraction of sp³-hybridized carbons (Fsp3) is 0.485. The largest absolute Gasteiger partial charge is 0.381 e. The number of piperidine rings is 1. The molecular formula is C33H42N8O2. The van der Waals surface area contributed by atoms with Crippen LogP contribution in [-0.4, -0.2) is 97.3 Å². The number of hydrogen-bond donors (Lipinski definition) is 2. The molecule has 0 aliphatic carbocycles. The van der Waals surface area contributed by atoms with Crippen molar-refractivity contribution >= 4 is 28.9 Å². The van der Waals surface area contributed by atoms with Gasteiger partial charge in [-0.25, -0.2) is 9.97 Å². The quantitative estimate of drug-likeness (QED) is 0.450. The Morgan fingerprint density at radius 1 is 0.884 bits per heavy atom. The Kier molecular flexibility index (Phi) is 7.90. The first kappa shape index (κ1) is 28.1. The lowest BCUT2D eigenvalue weighted by molar-refractivity contribution is 0.0839. The van der Waals surface area contributed by atoms with Gasteiger partial charge in [0.25, 0.3) is 5.91 Å². The molecule has 5 heterocycles. The van der Waals surface area contributed by atoms with Gasteiger partial charge in [-0.2, -0.15) is 0 Å². The minimum Gasteiger partial charge on any atom is -0.381 e. The minimum atomic E-state index is -0.599. The number of ether oxygens (including phenoxy) is 1. The predicted octanol–water partition coefficient (Wildman–Crippen LogP) is 3.70. The maximum atomic E-state index is 12.6. The van der Waals surface area contributed by atoms with Crippen molar-refractivity contribution in [1.82, 2.24) is 19.8 Å². The van der Waals surface area contributed by atoms with Crippen LogP contribution in [0.15, 0.2) is 48.5 Å². The number of hydrogen-bond acceptors (Lipinski definition) is 9. The van der Waals surface area contributed by atoms with Gasteiger partial charge in [0.2, 0.25) is 0 Å². The molecule has 10 heteroatoms. The zero-order valence-electron chi connectivity index (χ0n) is 25.0. The van der Waals surface area contributed by atoms with E-state index in [1.54, 1.807) is 0 Å². The molecule has 3 N–H and O–H groups in total. The molecule has 10 nitrogen and oxygen atoms in total. The van der Waals surface area contributed by atoms with Gasteiger partial charge < -0.3 is 30.5 Å². The maximum absolute atomic E-state index is 12.6. The number of fused-ring (bicyclic) bond motifs is 3. The number of carbonyl (C=O) groups is 1. The lowest BCUT2D eigenvalue weighted by Crippen LogP contribution is -2.52. The summed E-state index contributed by atoms with van der Waals surface area (Å²) in [5.74, 6) is 0.583. The second-order valence-corrected chi connectivity index (χ2v) is 12.3. The van der Waals surface area contributed by atoms with Gasteiger partial charge >= 0.3 is 0 Å². The Balaban J connectivity index is 1.10. The average Bonchev–Trinajstić information content (AvgIpc) is 3.05. The normalized spacial score (nSPS) is 20.5. The molecule has 0 atom stereocenters. The maximum Gasteiger partial charge on any atom is 0.271 e. The van der Waals surface area contributed by atoms with Gasteiger partial charge in [0.1, 0.15) is 5.69 Å². The third-order valence-corrected chi connectivity index (χ3v) is 9.64. The van der Waals surface area contributed by atoms with Crippen LogP contribution >= 0.6 is 0 Å². The highest BCUT2D eigenvalue weighted by atomic mass is 16.5.